The number of hydrogen-bond acceptors (Lipinski definition) is 7. The maximum atomic E-state index is 12.3. The Kier molecular flexibility index (Phi) is 4.00. The van der Waals surface area contributed by atoms with E-state index < -0.39 is 10.0 Å². The van der Waals surface area contributed by atoms with Gasteiger partial charge in [-0.25, -0.2) is 12.7 Å². The molecule has 0 spiro atoms. The summed E-state index contributed by atoms with van der Waals surface area (Å²) in [7, 11) is -0.666. The van der Waals surface area contributed by atoms with Crippen LogP contribution in [-0.4, -0.2) is 56.0 Å². The van der Waals surface area contributed by atoms with Gasteiger partial charge in [-0.15, -0.1) is 0 Å². The lowest BCUT2D eigenvalue weighted by atomic mass is 10.1. The summed E-state index contributed by atoms with van der Waals surface area (Å²) in [4.78, 5) is 2.02. The topological polar surface area (TPSA) is 99.8 Å². The number of aliphatic hydroxyl groups excluding tert-OH is 1. The minimum atomic E-state index is -3.60. The third-order valence-corrected chi connectivity index (χ3v) is 6.16. The lowest BCUT2D eigenvalue weighted by Gasteiger charge is -2.19. The molecule has 0 radical (unpaired) electrons. The van der Waals surface area contributed by atoms with Gasteiger partial charge in [-0.05, 0) is 18.0 Å². The van der Waals surface area contributed by atoms with Gasteiger partial charge in [0.15, 0.2) is 10.7 Å². The van der Waals surface area contributed by atoms with Crippen LogP contribution in [0.15, 0.2) is 4.90 Å². The Labute approximate surface area is 116 Å². The highest BCUT2D eigenvalue weighted by molar-refractivity contribution is 7.89. The largest absolute Gasteiger partial charge is 0.396 e. The van der Waals surface area contributed by atoms with Gasteiger partial charge in [-0.1, -0.05) is 0 Å². The molecule has 0 aromatic carbocycles. The molecule has 0 aliphatic carbocycles. The fraction of sp³-hybridized carbons (Fsp3) is 0.700. The Balaban J connectivity index is 2.39. The Bertz CT molecular complexity index is 555. The minimum Gasteiger partial charge on any atom is -0.396 e. The average molecular weight is 306 g/mol. The molecule has 2 rings (SSSR count). The van der Waals surface area contributed by atoms with Crippen LogP contribution in [0.25, 0.3) is 0 Å². The number of nitrogens with zero attached hydrogens (tertiary/aromatic N) is 3. The van der Waals surface area contributed by atoms with E-state index in [1.165, 1.54) is 14.1 Å². The van der Waals surface area contributed by atoms with Crippen molar-refractivity contribution in [2.45, 2.75) is 11.3 Å². The maximum Gasteiger partial charge on any atom is 0.249 e. The van der Waals surface area contributed by atoms with Gasteiger partial charge in [-0.3, -0.25) is 0 Å². The Morgan fingerprint density at radius 3 is 2.79 bits per heavy atom. The zero-order chi connectivity index (χ0) is 14.2. The third kappa shape index (κ3) is 2.55. The molecule has 0 saturated carbocycles. The molecule has 1 aromatic heterocycles. The molecular weight excluding hydrogens is 288 g/mol. The summed E-state index contributed by atoms with van der Waals surface area (Å²) in [5, 5.41) is 9.73. The first-order valence-corrected chi connectivity index (χ1v) is 8.12. The first kappa shape index (κ1) is 14.5. The second-order valence-electron chi connectivity index (χ2n) is 4.77. The molecule has 1 aliphatic heterocycles. The van der Waals surface area contributed by atoms with Crippen molar-refractivity contribution in [1.29, 1.82) is 0 Å². The molecule has 1 unspecified atom stereocenters. The van der Waals surface area contributed by atoms with Crippen molar-refractivity contribution < 1.29 is 13.5 Å². The Morgan fingerprint density at radius 1 is 1.58 bits per heavy atom. The van der Waals surface area contributed by atoms with Crippen LogP contribution >= 0.6 is 11.5 Å². The number of anilines is 2. The molecule has 3 N–H and O–H groups in total. The van der Waals surface area contributed by atoms with Crippen LogP contribution in [0.2, 0.25) is 0 Å². The van der Waals surface area contributed by atoms with E-state index in [-0.39, 0.29) is 23.2 Å². The molecule has 1 aromatic rings. The summed E-state index contributed by atoms with van der Waals surface area (Å²) in [6, 6.07) is 0. The maximum absolute atomic E-state index is 12.3. The molecule has 7 nitrogen and oxygen atoms in total. The van der Waals surface area contributed by atoms with Crippen molar-refractivity contribution in [1.82, 2.24) is 8.68 Å². The van der Waals surface area contributed by atoms with Gasteiger partial charge in [0.05, 0.1) is 0 Å². The fourth-order valence-corrected chi connectivity index (χ4v) is 4.33. The first-order valence-electron chi connectivity index (χ1n) is 5.91. The van der Waals surface area contributed by atoms with Crippen molar-refractivity contribution in [3.05, 3.63) is 0 Å². The first-order chi connectivity index (χ1) is 8.87. The van der Waals surface area contributed by atoms with Crippen LogP contribution < -0.4 is 10.6 Å². The average Bonchev–Trinajstić information content (AvgIpc) is 2.94. The number of aliphatic hydroxyl groups is 1. The fourth-order valence-electron chi connectivity index (χ4n) is 2.08. The Morgan fingerprint density at radius 2 is 2.26 bits per heavy atom. The molecule has 0 bridgehead atoms. The van der Waals surface area contributed by atoms with Gasteiger partial charge < -0.3 is 15.7 Å². The standard InChI is InChI=1S/C10H18N4O3S2/c1-13(2)19(16,17)8-9(11)12-18-10(8)14-4-3-7(5-14)6-15/h7,15H,3-6H2,1-2H3,(H2,11,12). The number of nitrogen functional groups attached to an aromatic ring is 1. The van der Waals surface area contributed by atoms with E-state index in [0.717, 1.165) is 22.3 Å². The number of hydrogen-bond donors (Lipinski definition) is 2. The van der Waals surface area contributed by atoms with Crippen molar-refractivity contribution in [3.8, 4) is 0 Å². The van der Waals surface area contributed by atoms with Crippen LogP contribution in [0.5, 0.6) is 0 Å². The summed E-state index contributed by atoms with van der Waals surface area (Å²) in [5.74, 6) is 0.222. The predicted octanol–water partition coefficient (Wildman–Crippen LogP) is -0.206. The van der Waals surface area contributed by atoms with Crippen molar-refractivity contribution >= 4 is 32.4 Å². The zero-order valence-electron chi connectivity index (χ0n) is 10.9. The number of rotatable bonds is 4. The van der Waals surface area contributed by atoms with Gasteiger partial charge in [-0.2, -0.15) is 4.37 Å². The second-order valence-corrected chi connectivity index (χ2v) is 7.61. The summed E-state index contributed by atoms with van der Waals surface area (Å²) in [6.07, 6.45) is 0.843. The number of nitrogens with two attached hydrogens (primary N) is 1. The van der Waals surface area contributed by atoms with Gasteiger partial charge in [0.2, 0.25) is 10.0 Å². The molecule has 2 heterocycles. The normalized spacial score (nSPS) is 20.4. The van der Waals surface area contributed by atoms with Crippen LogP contribution in [0.3, 0.4) is 0 Å². The molecule has 1 aliphatic rings. The third-order valence-electron chi connectivity index (χ3n) is 3.23. The highest BCUT2D eigenvalue weighted by Crippen LogP contribution is 2.38. The summed E-state index contributed by atoms with van der Waals surface area (Å²) in [5.41, 5.74) is 5.72. The van der Waals surface area contributed by atoms with Crippen molar-refractivity contribution in [2.75, 3.05) is 44.4 Å². The van der Waals surface area contributed by atoms with Gasteiger partial charge in [0.25, 0.3) is 0 Å². The quantitative estimate of drug-likeness (QED) is 0.799. The zero-order valence-corrected chi connectivity index (χ0v) is 12.5. The van der Waals surface area contributed by atoms with Crippen molar-refractivity contribution in [2.24, 2.45) is 5.92 Å². The van der Waals surface area contributed by atoms with Crippen molar-refractivity contribution in [3.63, 3.8) is 0 Å². The van der Waals surface area contributed by atoms with Crippen LogP contribution in [0.4, 0.5) is 10.8 Å². The smallest absolute Gasteiger partial charge is 0.249 e. The van der Waals surface area contributed by atoms with E-state index in [0.29, 0.717) is 18.1 Å². The van der Waals surface area contributed by atoms with Crippen LogP contribution in [0.1, 0.15) is 6.42 Å². The van der Waals surface area contributed by atoms with E-state index >= 15 is 0 Å². The van der Waals surface area contributed by atoms with E-state index in [1.54, 1.807) is 0 Å². The highest BCUT2D eigenvalue weighted by Gasteiger charge is 2.33. The molecular formula is C10H18N4O3S2. The highest BCUT2D eigenvalue weighted by atomic mass is 32.2. The molecule has 0 amide bonds. The van der Waals surface area contributed by atoms with E-state index in [4.69, 9.17) is 10.8 Å². The lowest BCUT2D eigenvalue weighted by Crippen LogP contribution is -2.27. The van der Waals surface area contributed by atoms with E-state index in [9.17, 15) is 8.42 Å². The molecule has 19 heavy (non-hydrogen) atoms. The molecule has 1 saturated heterocycles. The summed E-state index contributed by atoms with van der Waals surface area (Å²) in [6.45, 7) is 1.46. The van der Waals surface area contributed by atoms with E-state index in [2.05, 4.69) is 4.37 Å². The van der Waals surface area contributed by atoms with E-state index in [1.807, 2.05) is 4.90 Å². The minimum absolute atomic E-state index is 0.0427. The summed E-state index contributed by atoms with van der Waals surface area (Å²) < 4.78 is 29.7. The van der Waals surface area contributed by atoms with Crippen LogP contribution in [0, 0.1) is 5.92 Å². The number of sulfonamides is 1. The molecule has 108 valence electrons. The van der Waals surface area contributed by atoms with Crippen LogP contribution in [-0.2, 0) is 10.0 Å². The predicted molar refractivity (Wildman–Crippen MR) is 74.8 cm³/mol. The van der Waals surface area contributed by atoms with Gasteiger partial charge in [0.1, 0.15) is 5.00 Å². The lowest BCUT2D eigenvalue weighted by molar-refractivity contribution is 0.238. The molecule has 9 heteroatoms. The van der Waals surface area contributed by atoms with Gasteiger partial charge in [0, 0.05) is 39.7 Å². The van der Waals surface area contributed by atoms with Gasteiger partial charge >= 0.3 is 0 Å². The second kappa shape index (κ2) is 5.23. The summed E-state index contributed by atoms with van der Waals surface area (Å²) >= 11 is 1.09. The Hall–Kier alpha value is -0.900. The SMILES string of the molecule is CN(C)S(=O)(=O)c1c(N)nsc1N1CCC(CO)C1. The molecule has 1 atom stereocenters. The molecule has 1 fully saturated rings. The number of aromatic nitrogens is 1. The monoisotopic (exact) mass is 306 g/mol.